The summed E-state index contributed by atoms with van der Waals surface area (Å²) in [4.78, 5) is 16.8. The number of rotatable bonds is 8. The second kappa shape index (κ2) is 10.2. The van der Waals surface area contributed by atoms with Gasteiger partial charge in [0, 0.05) is 32.7 Å². The SMILES string of the molecule is COc1ccc(CN2CCN(C(=O)CCOc3cccc(C)c3)CC2)cc1OC. The summed E-state index contributed by atoms with van der Waals surface area (Å²) in [5.41, 5.74) is 2.33. The first-order valence-corrected chi connectivity index (χ1v) is 9.99. The average Bonchev–Trinajstić information content (AvgIpc) is 2.74. The van der Waals surface area contributed by atoms with Gasteiger partial charge in [-0.25, -0.2) is 0 Å². The lowest BCUT2D eigenvalue weighted by Gasteiger charge is -2.34. The molecule has 156 valence electrons. The lowest BCUT2D eigenvalue weighted by Crippen LogP contribution is -2.48. The van der Waals surface area contributed by atoms with Gasteiger partial charge in [0.1, 0.15) is 5.75 Å². The minimum atomic E-state index is 0.156. The number of aryl methyl sites for hydroxylation is 1. The maximum absolute atomic E-state index is 12.5. The molecular formula is C23H30N2O4. The van der Waals surface area contributed by atoms with Crippen molar-refractivity contribution in [1.82, 2.24) is 9.80 Å². The molecule has 1 aliphatic heterocycles. The number of hydrogen-bond donors (Lipinski definition) is 0. The van der Waals surface area contributed by atoms with E-state index in [-0.39, 0.29) is 5.91 Å². The molecule has 1 aliphatic rings. The maximum atomic E-state index is 12.5. The summed E-state index contributed by atoms with van der Waals surface area (Å²) < 4.78 is 16.4. The highest BCUT2D eigenvalue weighted by Crippen LogP contribution is 2.28. The van der Waals surface area contributed by atoms with E-state index in [2.05, 4.69) is 11.0 Å². The quantitative estimate of drug-likeness (QED) is 0.684. The predicted octanol–water partition coefficient (Wildman–Crippen LogP) is 3.13. The smallest absolute Gasteiger partial charge is 0.226 e. The summed E-state index contributed by atoms with van der Waals surface area (Å²) in [6.45, 7) is 6.48. The maximum Gasteiger partial charge on any atom is 0.226 e. The van der Waals surface area contributed by atoms with E-state index in [0.717, 1.165) is 55.5 Å². The summed E-state index contributed by atoms with van der Waals surface area (Å²) >= 11 is 0. The van der Waals surface area contributed by atoms with Crippen molar-refractivity contribution in [1.29, 1.82) is 0 Å². The summed E-state index contributed by atoms with van der Waals surface area (Å²) in [7, 11) is 3.29. The average molecular weight is 399 g/mol. The second-order valence-electron chi connectivity index (χ2n) is 7.26. The monoisotopic (exact) mass is 398 g/mol. The van der Waals surface area contributed by atoms with Crippen molar-refractivity contribution in [3.63, 3.8) is 0 Å². The molecule has 29 heavy (non-hydrogen) atoms. The zero-order valence-electron chi connectivity index (χ0n) is 17.5. The normalized spacial score (nSPS) is 14.5. The first-order valence-electron chi connectivity index (χ1n) is 9.99. The minimum absolute atomic E-state index is 0.156. The van der Waals surface area contributed by atoms with Crippen molar-refractivity contribution < 1.29 is 19.0 Å². The van der Waals surface area contributed by atoms with Crippen LogP contribution in [-0.4, -0.2) is 62.7 Å². The van der Waals surface area contributed by atoms with Gasteiger partial charge in [-0.3, -0.25) is 9.69 Å². The number of amides is 1. The molecule has 1 saturated heterocycles. The number of piperazine rings is 1. The summed E-state index contributed by atoms with van der Waals surface area (Å²) in [5, 5.41) is 0. The van der Waals surface area contributed by atoms with Crippen molar-refractivity contribution in [2.24, 2.45) is 0 Å². The highest BCUT2D eigenvalue weighted by Gasteiger charge is 2.21. The number of methoxy groups -OCH3 is 2. The minimum Gasteiger partial charge on any atom is -0.493 e. The van der Waals surface area contributed by atoms with Crippen molar-refractivity contribution in [2.45, 2.75) is 19.9 Å². The highest BCUT2D eigenvalue weighted by atomic mass is 16.5. The number of carbonyl (C=O) groups is 1. The molecule has 6 heteroatoms. The molecule has 0 unspecified atom stereocenters. The largest absolute Gasteiger partial charge is 0.493 e. The molecule has 1 fully saturated rings. The van der Waals surface area contributed by atoms with Gasteiger partial charge in [0.15, 0.2) is 11.5 Å². The van der Waals surface area contributed by atoms with Gasteiger partial charge in [-0.2, -0.15) is 0 Å². The first-order chi connectivity index (χ1) is 14.1. The van der Waals surface area contributed by atoms with Crippen LogP contribution in [0.25, 0.3) is 0 Å². The number of benzene rings is 2. The zero-order valence-corrected chi connectivity index (χ0v) is 17.5. The van der Waals surface area contributed by atoms with Gasteiger partial charge in [-0.1, -0.05) is 18.2 Å². The third-order valence-electron chi connectivity index (χ3n) is 5.15. The lowest BCUT2D eigenvalue weighted by molar-refractivity contribution is -0.133. The van der Waals surface area contributed by atoms with E-state index in [1.165, 1.54) is 5.56 Å². The predicted molar refractivity (Wildman–Crippen MR) is 113 cm³/mol. The van der Waals surface area contributed by atoms with Gasteiger partial charge in [-0.05, 0) is 42.3 Å². The number of ether oxygens (including phenoxy) is 3. The van der Waals surface area contributed by atoms with Crippen LogP contribution < -0.4 is 14.2 Å². The topological polar surface area (TPSA) is 51.2 Å². The fourth-order valence-corrected chi connectivity index (χ4v) is 3.51. The van der Waals surface area contributed by atoms with Crippen molar-refractivity contribution in [2.75, 3.05) is 47.0 Å². The van der Waals surface area contributed by atoms with E-state index in [9.17, 15) is 4.79 Å². The van der Waals surface area contributed by atoms with Crippen LogP contribution in [0.2, 0.25) is 0 Å². The summed E-state index contributed by atoms with van der Waals surface area (Å²) in [6, 6.07) is 13.9. The zero-order chi connectivity index (χ0) is 20.6. The fraction of sp³-hybridized carbons (Fsp3) is 0.435. The van der Waals surface area contributed by atoms with Gasteiger partial charge in [0.2, 0.25) is 5.91 Å². The van der Waals surface area contributed by atoms with Crippen LogP contribution in [0.5, 0.6) is 17.2 Å². The van der Waals surface area contributed by atoms with Crippen molar-refractivity contribution in [3.8, 4) is 17.2 Å². The van der Waals surface area contributed by atoms with E-state index in [0.29, 0.717) is 13.0 Å². The van der Waals surface area contributed by atoms with Crippen molar-refractivity contribution >= 4 is 5.91 Å². The Bertz CT molecular complexity index is 816. The summed E-state index contributed by atoms with van der Waals surface area (Å²) in [6.07, 6.45) is 0.406. The van der Waals surface area contributed by atoms with E-state index < -0.39 is 0 Å². The Kier molecular flexibility index (Phi) is 7.36. The Labute approximate surface area is 173 Å². The first kappa shape index (κ1) is 21.0. The van der Waals surface area contributed by atoms with Crippen LogP contribution in [0, 0.1) is 6.92 Å². The number of nitrogens with zero attached hydrogens (tertiary/aromatic N) is 2. The van der Waals surface area contributed by atoms with Gasteiger partial charge in [0.25, 0.3) is 0 Å². The molecule has 0 aliphatic carbocycles. The molecule has 0 aromatic heterocycles. The molecule has 1 amide bonds. The fourth-order valence-electron chi connectivity index (χ4n) is 3.51. The standard InChI is InChI=1S/C23H30N2O4/c1-18-5-4-6-20(15-18)29-14-9-23(26)25-12-10-24(11-13-25)17-19-7-8-21(27-2)22(16-19)28-3/h4-8,15-16H,9-14,17H2,1-3H3. The highest BCUT2D eigenvalue weighted by molar-refractivity contribution is 5.76. The Balaban J connectivity index is 1.42. The van der Waals surface area contributed by atoms with Crippen LogP contribution in [0.15, 0.2) is 42.5 Å². The molecule has 0 spiro atoms. The Hall–Kier alpha value is -2.73. The molecule has 2 aromatic rings. The molecule has 3 rings (SSSR count). The third-order valence-corrected chi connectivity index (χ3v) is 5.15. The second-order valence-corrected chi connectivity index (χ2v) is 7.26. The van der Waals surface area contributed by atoms with Crippen LogP contribution in [0.4, 0.5) is 0 Å². The van der Waals surface area contributed by atoms with Crippen LogP contribution in [-0.2, 0) is 11.3 Å². The van der Waals surface area contributed by atoms with E-state index in [4.69, 9.17) is 14.2 Å². The van der Waals surface area contributed by atoms with E-state index in [1.807, 2.05) is 48.2 Å². The molecule has 0 N–H and O–H groups in total. The molecule has 0 saturated carbocycles. The lowest BCUT2D eigenvalue weighted by atomic mass is 10.1. The molecular weight excluding hydrogens is 368 g/mol. The van der Waals surface area contributed by atoms with Crippen molar-refractivity contribution in [3.05, 3.63) is 53.6 Å². The van der Waals surface area contributed by atoms with Crippen LogP contribution >= 0.6 is 0 Å². The number of carbonyl (C=O) groups excluding carboxylic acids is 1. The molecule has 0 atom stereocenters. The summed E-state index contributed by atoms with van der Waals surface area (Å²) in [5.74, 6) is 2.45. The van der Waals surface area contributed by atoms with Crippen LogP contribution in [0.1, 0.15) is 17.5 Å². The van der Waals surface area contributed by atoms with Gasteiger partial charge >= 0.3 is 0 Å². The van der Waals surface area contributed by atoms with Crippen LogP contribution in [0.3, 0.4) is 0 Å². The van der Waals surface area contributed by atoms with E-state index >= 15 is 0 Å². The van der Waals surface area contributed by atoms with Gasteiger partial charge in [-0.15, -0.1) is 0 Å². The van der Waals surface area contributed by atoms with Gasteiger partial charge < -0.3 is 19.1 Å². The molecule has 2 aromatic carbocycles. The molecule has 1 heterocycles. The van der Waals surface area contributed by atoms with E-state index in [1.54, 1.807) is 14.2 Å². The Morgan fingerprint density at radius 3 is 2.41 bits per heavy atom. The Morgan fingerprint density at radius 2 is 1.72 bits per heavy atom. The Morgan fingerprint density at radius 1 is 0.966 bits per heavy atom. The molecule has 0 bridgehead atoms. The third kappa shape index (κ3) is 5.87. The number of hydrogen-bond acceptors (Lipinski definition) is 5. The molecule has 0 radical (unpaired) electrons. The molecule has 6 nitrogen and oxygen atoms in total. The van der Waals surface area contributed by atoms with Gasteiger partial charge in [0.05, 0.1) is 27.2 Å².